The quantitative estimate of drug-likeness (QED) is 0.447. The van der Waals surface area contributed by atoms with Gasteiger partial charge in [0.1, 0.15) is 0 Å². The molecule has 0 rings (SSSR count). The summed E-state index contributed by atoms with van der Waals surface area (Å²) >= 11 is 0. The molecule has 4 nitrogen and oxygen atoms in total. The van der Waals surface area contributed by atoms with Crippen molar-refractivity contribution >= 4 is 5.97 Å². The molecule has 0 aromatic carbocycles. The van der Waals surface area contributed by atoms with Gasteiger partial charge in [-0.25, -0.2) is 0 Å². The van der Waals surface area contributed by atoms with Gasteiger partial charge in [-0.15, -0.1) is 0 Å². The standard InChI is InChI=1S/C10H21NO3/c1-3-14-10(13)7-11-6-4-5-9(2)8-12/h9,11-12H,3-8H2,1-2H3. The SMILES string of the molecule is CCOC(=O)CNCCCC(C)CO. The molecule has 0 heterocycles. The summed E-state index contributed by atoms with van der Waals surface area (Å²) in [4.78, 5) is 10.9. The Morgan fingerprint density at radius 1 is 1.57 bits per heavy atom. The van der Waals surface area contributed by atoms with E-state index in [1.807, 2.05) is 6.92 Å². The second-order valence-electron chi connectivity index (χ2n) is 3.41. The molecule has 0 amide bonds. The van der Waals surface area contributed by atoms with Crippen LogP contribution in [0.2, 0.25) is 0 Å². The summed E-state index contributed by atoms with van der Waals surface area (Å²) in [5.41, 5.74) is 0. The van der Waals surface area contributed by atoms with Crippen LogP contribution in [0, 0.1) is 5.92 Å². The first-order chi connectivity index (χ1) is 6.70. The second-order valence-corrected chi connectivity index (χ2v) is 3.41. The van der Waals surface area contributed by atoms with Crippen LogP contribution >= 0.6 is 0 Å². The number of carbonyl (C=O) groups is 1. The van der Waals surface area contributed by atoms with E-state index in [-0.39, 0.29) is 19.1 Å². The van der Waals surface area contributed by atoms with E-state index >= 15 is 0 Å². The zero-order valence-corrected chi connectivity index (χ0v) is 9.08. The summed E-state index contributed by atoms with van der Waals surface area (Å²) < 4.78 is 4.75. The van der Waals surface area contributed by atoms with E-state index in [9.17, 15) is 4.79 Å². The molecule has 0 radical (unpaired) electrons. The molecule has 0 saturated carbocycles. The molecule has 0 bridgehead atoms. The molecule has 0 aromatic rings. The van der Waals surface area contributed by atoms with Gasteiger partial charge in [-0.2, -0.15) is 0 Å². The maximum absolute atomic E-state index is 10.9. The lowest BCUT2D eigenvalue weighted by molar-refractivity contribution is -0.141. The predicted octanol–water partition coefficient (Wildman–Crippen LogP) is 0.548. The lowest BCUT2D eigenvalue weighted by atomic mass is 10.1. The van der Waals surface area contributed by atoms with Crippen LogP contribution in [0.4, 0.5) is 0 Å². The average Bonchev–Trinajstić information content (AvgIpc) is 2.17. The fourth-order valence-corrected chi connectivity index (χ4v) is 1.07. The van der Waals surface area contributed by atoms with Crippen molar-refractivity contribution in [1.82, 2.24) is 5.32 Å². The lowest BCUT2D eigenvalue weighted by Crippen LogP contribution is -2.25. The smallest absolute Gasteiger partial charge is 0.319 e. The van der Waals surface area contributed by atoms with Crippen LogP contribution in [0.25, 0.3) is 0 Å². The van der Waals surface area contributed by atoms with Gasteiger partial charge in [0, 0.05) is 6.61 Å². The largest absolute Gasteiger partial charge is 0.465 e. The van der Waals surface area contributed by atoms with Gasteiger partial charge in [0.25, 0.3) is 0 Å². The third-order valence-corrected chi connectivity index (χ3v) is 1.94. The summed E-state index contributed by atoms with van der Waals surface area (Å²) in [7, 11) is 0. The highest BCUT2D eigenvalue weighted by Crippen LogP contribution is 2.02. The number of hydrogen-bond donors (Lipinski definition) is 2. The number of rotatable bonds is 8. The zero-order chi connectivity index (χ0) is 10.8. The monoisotopic (exact) mass is 203 g/mol. The Kier molecular flexibility index (Phi) is 8.57. The summed E-state index contributed by atoms with van der Waals surface area (Å²) in [6, 6.07) is 0. The average molecular weight is 203 g/mol. The van der Waals surface area contributed by atoms with E-state index in [1.54, 1.807) is 6.92 Å². The van der Waals surface area contributed by atoms with Crippen molar-refractivity contribution in [2.75, 3.05) is 26.3 Å². The summed E-state index contributed by atoms with van der Waals surface area (Å²) in [6.45, 7) is 5.54. The Hall–Kier alpha value is -0.610. The van der Waals surface area contributed by atoms with E-state index in [2.05, 4.69) is 5.32 Å². The zero-order valence-electron chi connectivity index (χ0n) is 9.08. The van der Waals surface area contributed by atoms with Gasteiger partial charge in [-0.1, -0.05) is 6.92 Å². The van der Waals surface area contributed by atoms with Crippen molar-refractivity contribution in [2.45, 2.75) is 26.7 Å². The van der Waals surface area contributed by atoms with Crippen molar-refractivity contribution in [3.8, 4) is 0 Å². The first-order valence-corrected chi connectivity index (χ1v) is 5.17. The highest BCUT2D eigenvalue weighted by atomic mass is 16.5. The summed E-state index contributed by atoms with van der Waals surface area (Å²) in [5.74, 6) is 0.141. The third-order valence-electron chi connectivity index (χ3n) is 1.94. The number of aliphatic hydroxyl groups excluding tert-OH is 1. The van der Waals surface area contributed by atoms with Crippen LogP contribution in [0.15, 0.2) is 0 Å². The Labute approximate surface area is 85.6 Å². The topological polar surface area (TPSA) is 58.6 Å². The minimum absolute atomic E-state index is 0.206. The minimum atomic E-state index is -0.206. The van der Waals surface area contributed by atoms with Crippen LogP contribution < -0.4 is 5.32 Å². The van der Waals surface area contributed by atoms with E-state index in [0.29, 0.717) is 12.5 Å². The van der Waals surface area contributed by atoms with Gasteiger partial charge in [0.2, 0.25) is 0 Å². The lowest BCUT2D eigenvalue weighted by Gasteiger charge is -2.07. The van der Waals surface area contributed by atoms with Gasteiger partial charge in [-0.3, -0.25) is 4.79 Å². The Morgan fingerprint density at radius 2 is 2.29 bits per heavy atom. The van der Waals surface area contributed by atoms with Gasteiger partial charge in [0.15, 0.2) is 0 Å². The van der Waals surface area contributed by atoms with Crippen molar-refractivity contribution < 1.29 is 14.6 Å². The highest BCUT2D eigenvalue weighted by Gasteiger charge is 2.01. The van der Waals surface area contributed by atoms with Gasteiger partial charge >= 0.3 is 5.97 Å². The molecule has 0 fully saturated rings. The number of hydrogen-bond acceptors (Lipinski definition) is 4. The minimum Gasteiger partial charge on any atom is -0.465 e. The molecule has 0 spiro atoms. The van der Waals surface area contributed by atoms with Crippen molar-refractivity contribution in [2.24, 2.45) is 5.92 Å². The maximum Gasteiger partial charge on any atom is 0.319 e. The molecule has 0 aliphatic carbocycles. The predicted molar refractivity (Wildman–Crippen MR) is 55.0 cm³/mol. The van der Waals surface area contributed by atoms with Crippen molar-refractivity contribution in [3.63, 3.8) is 0 Å². The van der Waals surface area contributed by atoms with Gasteiger partial charge < -0.3 is 15.2 Å². The van der Waals surface area contributed by atoms with Crippen LogP contribution in [0.1, 0.15) is 26.7 Å². The normalized spacial score (nSPS) is 12.5. The van der Waals surface area contributed by atoms with Gasteiger partial charge in [-0.05, 0) is 32.2 Å². The first kappa shape index (κ1) is 13.4. The van der Waals surface area contributed by atoms with Crippen LogP contribution in [-0.2, 0) is 9.53 Å². The van der Waals surface area contributed by atoms with E-state index < -0.39 is 0 Å². The molecule has 14 heavy (non-hydrogen) atoms. The summed E-state index contributed by atoms with van der Waals surface area (Å²) in [5, 5.41) is 11.7. The van der Waals surface area contributed by atoms with E-state index in [0.717, 1.165) is 19.4 Å². The number of ether oxygens (including phenoxy) is 1. The Bertz CT molecular complexity index is 150. The summed E-state index contributed by atoms with van der Waals surface area (Å²) in [6.07, 6.45) is 1.95. The number of carbonyl (C=O) groups excluding carboxylic acids is 1. The molecular weight excluding hydrogens is 182 g/mol. The fraction of sp³-hybridized carbons (Fsp3) is 0.900. The highest BCUT2D eigenvalue weighted by molar-refractivity contribution is 5.71. The van der Waals surface area contributed by atoms with Gasteiger partial charge in [0.05, 0.1) is 13.2 Å². The van der Waals surface area contributed by atoms with Crippen LogP contribution in [0.5, 0.6) is 0 Å². The van der Waals surface area contributed by atoms with Crippen LogP contribution in [-0.4, -0.2) is 37.4 Å². The third kappa shape index (κ3) is 8.01. The fourth-order valence-electron chi connectivity index (χ4n) is 1.07. The number of esters is 1. The maximum atomic E-state index is 10.9. The second kappa shape index (κ2) is 8.97. The molecule has 2 N–H and O–H groups in total. The number of aliphatic hydroxyl groups is 1. The molecule has 1 atom stereocenters. The molecule has 0 aliphatic heterocycles. The molecule has 0 aromatic heterocycles. The van der Waals surface area contributed by atoms with Crippen molar-refractivity contribution in [3.05, 3.63) is 0 Å². The molecule has 84 valence electrons. The molecule has 0 saturated heterocycles. The molecular formula is C10H21NO3. The number of nitrogens with one attached hydrogen (secondary N) is 1. The van der Waals surface area contributed by atoms with E-state index in [4.69, 9.17) is 9.84 Å². The molecule has 4 heteroatoms. The molecule has 1 unspecified atom stereocenters. The van der Waals surface area contributed by atoms with Crippen molar-refractivity contribution in [1.29, 1.82) is 0 Å². The Morgan fingerprint density at radius 3 is 2.86 bits per heavy atom. The Balaban J connectivity index is 3.17. The first-order valence-electron chi connectivity index (χ1n) is 5.17. The van der Waals surface area contributed by atoms with Crippen LogP contribution in [0.3, 0.4) is 0 Å². The molecule has 0 aliphatic rings. The van der Waals surface area contributed by atoms with E-state index in [1.165, 1.54) is 0 Å².